The zero-order valence-corrected chi connectivity index (χ0v) is 21.1. The van der Waals surface area contributed by atoms with Gasteiger partial charge in [-0.1, -0.05) is 31.4 Å². The summed E-state index contributed by atoms with van der Waals surface area (Å²) >= 11 is 1.44. The zero-order chi connectivity index (χ0) is 23.9. The molecule has 1 aromatic rings. The highest BCUT2D eigenvalue weighted by atomic mass is 32.2. The molecule has 0 N–H and O–H groups in total. The van der Waals surface area contributed by atoms with Crippen LogP contribution in [0.25, 0.3) is 0 Å². The topological polar surface area (TPSA) is 70.2 Å². The van der Waals surface area contributed by atoms with E-state index in [2.05, 4.69) is 0 Å². The van der Waals surface area contributed by atoms with Gasteiger partial charge in [-0.3, -0.25) is 14.4 Å². The molecule has 1 aromatic carbocycles. The molecular formula is C26H37N3O4S. The lowest BCUT2D eigenvalue weighted by Crippen LogP contribution is -2.49. The molecule has 0 radical (unpaired) electrons. The van der Waals surface area contributed by atoms with Crippen LogP contribution in [-0.4, -0.2) is 90.7 Å². The average molecular weight is 488 g/mol. The molecule has 0 spiro atoms. The third kappa shape index (κ3) is 6.13. The Kier molecular flexibility index (Phi) is 8.89. The number of likely N-dealkylation sites (tertiary alicyclic amines) is 1. The SMILES string of the molecule is CN(C(=O)CSc1ccccc1C(=O)N1CCCC(C(=O)N2CCOCC2)C1)C1CCCCC1. The Balaban J connectivity index is 1.36. The molecule has 1 aliphatic carbocycles. The van der Waals surface area contributed by atoms with Crippen molar-refractivity contribution in [2.24, 2.45) is 5.92 Å². The molecule has 1 saturated carbocycles. The number of morpholine rings is 1. The van der Waals surface area contributed by atoms with Crippen molar-refractivity contribution in [3.8, 4) is 0 Å². The van der Waals surface area contributed by atoms with Crippen molar-refractivity contribution in [3.63, 3.8) is 0 Å². The number of piperidine rings is 1. The van der Waals surface area contributed by atoms with Gasteiger partial charge in [-0.2, -0.15) is 0 Å². The molecule has 2 saturated heterocycles. The van der Waals surface area contributed by atoms with E-state index in [0.29, 0.717) is 56.8 Å². The van der Waals surface area contributed by atoms with E-state index >= 15 is 0 Å². The Morgan fingerprint density at radius 2 is 1.71 bits per heavy atom. The maximum absolute atomic E-state index is 13.5. The first-order chi connectivity index (χ1) is 16.5. The highest BCUT2D eigenvalue weighted by Crippen LogP contribution is 2.28. The van der Waals surface area contributed by atoms with Gasteiger partial charge in [-0.05, 0) is 37.8 Å². The van der Waals surface area contributed by atoms with Crippen LogP contribution in [0.1, 0.15) is 55.3 Å². The summed E-state index contributed by atoms with van der Waals surface area (Å²) < 4.78 is 5.37. The Labute approximate surface area is 207 Å². The maximum atomic E-state index is 13.5. The van der Waals surface area contributed by atoms with Gasteiger partial charge in [0.05, 0.1) is 30.4 Å². The van der Waals surface area contributed by atoms with Crippen LogP contribution in [0.3, 0.4) is 0 Å². The summed E-state index contributed by atoms with van der Waals surface area (Å²) in [5, 5.41) is 0. The molecule has 0 aromatic heterocycles. The first-order valence-electron chi connectivity index (χ1n) is 12.7. The number of ether oxygens (including phenoxy) is 1. The van der Waals surface area contributed by atoms with Crippen LogP contribution >= 0.6 is 11.8 Å². The van der Waals surface area contributed by atoms with Crippen LogP contribution in [0.5, 0.6) is 0 Å². The van der Waals surface area contributed by atoms with Gasteiger partial charge in [-0.15, -0.1) is 11.8 Å². The number of hydrogen-bond donors (Lipinski definition) is 0. The highest BCUT2D eigenvalue weighted by molar-refractivity contribution is 8.00. The third-order valence-corrected chi connectivity index (χ3v) is 8.42. The minimum atomic E-state index is -0.152. The van der Waals surface area contributed by atoms with Gasteiger partial charge in [0.1, 0.15) is 0 Å². The van der Waals surface area contributed by atoms with Crippen LogP contribution in [0.2, 0.25) is 0 Å². The number of hydrogen-bond acceptors (Lipinski definition) is 5. The van der Waals surface area contributed by atoms with Crippen LogP contribution in [0.15, 0.2) is 29.2 Å². The van der Waals surface area contributed by atoms with Crippen LogP contribution in [0.4, 0.5) is 0 Å². The zero-order valence-electron chi connectivity index (χ0n) is 20.2. The summed E-state index contributed by atoms with van der Waals surface area (Å²) in [7, 11) is 1.91. The fourth-order valence-corrected chi connectivity index (χ4v) is 6.23. The lowest BCUT2D eigenvalue weighted by Gasteiger charge is -2.36. The van der Waals surface area contributed by atoms with Gasteiger partial charge in [-0.25, -0.2) is 0 Å². The Hall–Kier alpha value is -2.06. The standard InChI is InChI=1S/C26H37N3O4S/c1-27(21-9-3-2-4-10-21)24(30)19-34-23-12-6-5-11-22(23)26(32)29-13-7-8-20(18-29)25(31)28-14-16-33-17-15-28/h5-6,11-12,20-21H,2-4,7-10,13-19H2,1H3. The number of benzene rings is 1. The molecular weight excluding hydrogens is 450 g/mol. The van der Waals surface area contributed by atoms with Crippen molar-refractivity contribution in [1.29, 1.82) is 0 Å². The number of carbonyl (C=O) groups is 3. The molecule has 34 heavy (non-hydrogen) atoms. The van der Waals surface area contributed by atoms with Gasteiger partial charge in [0, 0.05) is 44.2 Å². The van der Waals surface area contributed by atoms with Gasteiger partial charge >= 0.3 is 0 Å². The molecule has 3 aliphatic rings. The van der Waals surface area contributed by atoms with E-state index in [1.54, 1.807) is 0 Å². The highest BCUT2D eigenvalue weighted by Gasteiger charge is 2.33. The molecule has 186 valence electrons. The third-order valence-electron chi connectivity index (χ3n) is 7.37. The normalized spacial score (nSPS) is 21.9. The van der Waals surface area contributed by atoms with E-state index in [9.17, 15) is 14.4 Å². The van der Waals surface area contributed by atoms with Gasteiger partial charge in [0.2, 0.25) is 11.8 Å². The van der Waals surface area contributed by atoms with Crippen LogP contribution in [-0.2, 0) is 14.3 Å². The summed E-state index contributed by atoms with van der Waals surface area (Å²) in [6.07, 6.45) is 7.46. The van der Waals surface area contributed by atoms with E-state index in [1.807, 2.05) is 46.0 Å². The molecule has 1 unspecified atom stereocenters. The van der Waals surface area contributed by atoms with E-state index in [4.69, 9.17) is 4.74 Å². The van der Waals surface area contributed by atoms with Crippen molar-refractivity contribution in [1.82, 2.24) is 14.7 Å². The molecule has 7 nitrogen and oxygen atoms in total. The molecule has 4 rings (SSSR count). The summed E-state index contributed by atoms with van der Waals surface area (Å²) in [6, 6.07) is 7.88. The lowest BCUT2D eigenvalue weighted by molar-refractivity contribution is -0.141. The smallest absolute Gasteiger partial charge is 0.255 e. The van der Waals surface area contributed by atoms with Crippen LogP contribution in [0, 0.1) is 5.92 Å². The monoisotopic (exact) mass is 487 g/mol. The summed E-state index contributed by atoms with van der Waals surface area (Å²) in [4.78, 5) is 45.7. The molecule has 2 heterocycles. The van der Waals surface area contributed by atoms with E-state index in [0.717, 1.165) is 30.6 Å². The quantitative estimate of drug-likeness (QED) is 0.576. The van der Waals surface area contributed by atoms with Crippen molar-refractivity contribution >= 4 is 29.5 Å². The summed E-state index contributed by atoms with van der Waals surface area (Å²) in [6.45, 7) is 3.55. The molecule has 1 atom stereocenters. The second-order valence-electron chi connectivity index (χ2n) is 9.61. The van der Waals surface area contributed by atoms with Gasteiger partial charge in [0.15, 0.2) is 0 Å². The number of thioether (sulfide) groups is 1. The Morgan fingerprint density at radius 1 is 0.971 bits per heavy atom. The second kappa shape index (κ2) is 12.1. The maximum Gasteiger partial charge on any atom is 0.255 e. The molecule has 3 amide bonds. The van der Waals surface area contributed by atoms with E-state index in [-0.39, 0.29) is 23.6 Å². The molecule has 0 bridgehead atoms. The van der Waals surface area contributed by atoms with Crippen molar-refractivity contribution in [2.45, 2.75) is 55.9 Å². The molecule has 8 heteroatoms. The Morgan fingerprint density at radius 3 is 2.47 bits per heavy atom. The lowest BCUT2D eigenvalue weighted by atomic mass is 9.94. The van der Waals surface area contributed by atoms with E-state index < -0.39 is 0 Å². The fraction of sp³-hybridized carbons (Fsp3) is 0.654. The first kappa shape index (κ1) is 25.0. The Bertz CT molecular complexity index is 867. The van der Waals surface area contributed by atoms with Crippen molar-refractivity contribution in [2.75, 3.05) is 52.2 Å². The minimum absolute atomic E-state index is 0.0457. The second-order valence-corrected chi connectivity index (χ2v) is 10.6. The van der Waals surface area contributed by atoms with Gasteiger partial charge in [0.25, 0.3) is 5.91 Å². The summed E-state index contributed by atoms with van der Waals surface area (Å²) in [5.74, 6) is 0.389. The molecule has 3 fully saturated rings. The van der Waals surface area contributed by atoms with Crippen LogP contribution < -0.4 is 0 Å². The number of amides is 3. The van der Waals surface area contributed by atoms with Gasteiger partial charge < -0.3 is 19.4 Å². The predicted octanol–water partition coefficient (Wildman–Crippen LogP) is 3.28. The van der Waals surface area contributed by atoms with E-state index in [1.165, 1.54) is 31.0 Å². The molecule has 2 aliphatic heterocycles. The predicted molar refractivity (Wildman–Crippen MR) is 133 cm³/mol. The summed E-state index contributed by atoms with van der Waals surface area (Å²) in [5.41, 5.74) is 0.625. The number of carbonyl (C=O) groups excluding carboxylic acids is 3. The number of rotatable bonds is 6. The fourth-order valence-electron chi connectivity index (χ4n) is 5.26. The minimum Gasteiger partial charge on any atom is -0.378 e. The average Bonchev–Trinajstić information content (AvgIpc) is 2.91. The number of nitrogens with zero attached hydrogens (tertiary/aromatic N) is 3. The first-order valence-corrected chi connectivity index (χ1v) is 13.7. The van der Waals surface area contributed by atoms with Crippen molar-refractivity contribution in [3.05, 3.63) is 29.8 Å². The van der Waals surface area contributed by atoms with Crippen molar-refractivity contribution < 1.29 is 19.1 Å². The largest absolute Gasteiger partial charge is 0.378 e.